The number of halogens is 1. The van der Waals surface area contributed by atoms with Crippen LogP contribution in [0.5, 0.6) is 0 Å². The van der Waals surface area contributed by atoms with E-state index in [1.54, 1.807) is 11.3 Å². The van der Waals surface area contributed by atoms with Gasteiger partial charge in [-0.2, -0.15) is 4.98 Å². The summed E-state index contributed by atoms with van der Waals surface area (Å²) in [5.41, 5.74) is 2.37. The predicted octanol–water partition coefficient (Wildman–Crippen LogP) is 1.79. The number of nitrogen functional groups attached to an aromatic ring is 1. The first-order chi connectivity index (χ1) is 8.19. The predicted molar refractivity (Wildman–Crippen MR) is 69.0 cm³/mol. The smallest absolute Gasteiger partial charge is 0.239 e. The van der Waals surface area contributed by atoms with Crippen molar-refractivity contribution in [2.45, 2.75) is 13.5 Å². The normalized spacial score (nSPS) is 10.3. The van der Waals surface area contributed by atoms with Crippen LogP contribution in [-0.2, 0) is 6.54 Å². The largest absolute Gasteiger partial charge is 0.364 e. The average Bonchev–Trinajstić information content (AvgIpc) is 2.74. The van der Waals surface area contributed by atoms with E-state index in [9.17, 15) is 0 Å². The highest BCUT2D eigenvalue weighted by molar-refractivity contribution is 7.11. The molecule has 0 unspecified atom stereocenters. The summed E-state index contributed by atoms with van der Waals surface area (Å²) in [4.78, 5) is 13.3. The summed E-state index contributed by atoms with van der Waals surface area (Å²) in [5, 5.41) is 4.59. The second-order valence-electron chi connectivity index (χ2n) is 3.23. The van der Waals surface area contributed by atoms with Crippen molar-refractivity contribution >= 4 is 34.7 Å². The van der Waals surface area contributed by atoms with E-state index in [1.165, 1.54) is 6.20 Å². The SMILES string of the molecule is Cc1ncc(CNc2nc(NN)ncc2Cl)s1. The molecule has 2 aromatic rings. The van der Waals surface area contributed by atoms with Crippen LogP contribution in [0.15, 0.2) is 12.4 Å². The lowest BCUT2D eigenvalue weighted by atomic mass is 10.5. The molecule has 0 amide bonds. The van der Waals surface area contributed by atoms with Crippen LogP contribution < -0.4 is 16.6 Å². The fourth-order valence-electron chi connectivity index (χ4n) is 1.22. The first kappa shape index (κ1) is 12.0. The van der Waals surface area contributed by atoms with Crippen molar-refractivity contribution in [3.8, 4) is 0 Å². The third-order valence-electron chi connectivity index (χ3n) is 1.97. The number of nitrogens with one attached hydrogen (secondary N) is 2. The molecule has 0 aromatic carbocycles. The number of anilines is 2. The molecule has 2 heterocycles. The molecule has 4 N–H and O–H groups in total. The maximum Gasteiger partial charge on any atom is 0.239 e. The summed E-state index contributed by atoms with van der Waals surface area (Å²) >= 11 is 7.58. The van der Waals surface area contributed by atoms with E-state index in [4.69, 9.17) is 17.4 Å². The number of nitrogens with zero attached hydrogens (tertiary/aromatic N) is 3. The van der Waals surface area contributed by atoms with E-state index in [2.05, 4.69) is 25.7 Å². The molecule has 6 nitrogen and oxygen atoms in total. The molecule has 0 fully saturated rings. The van der Waals surface area contributed by atoms with Crippen LogP contribution in [0.2, 0.25) is 5.02 Å². The quantitative estimate of drug-likeness (QED) is 0.580. The van der Waals surface area contributed by atoms with Crippen LogP contribution in [0.25, 0.3) is 0 Å². The molecule has 90 valence electrons. The third kappa shape index (κ3) is 3.02. The molecule has 17 heavy (non-hydrogen) atoms. The molecule has 0 aliphatic heterocycles. The topological polar surface area (TPSA) is 88.8 Å². The van der Waals surface area contributed by atoms with Crippen LogP contribution in [0, 0.1) is 6.92 Å². The minimum Gasteiger partial charge on any atom is -0.364 e. The second kappa shape index (κ2) is 5.26. The summed E-state index contributed by atoms with van der Waals surface area (Å²) in [5.74, 6) is 6.08. The first-order valence-corrected chi connectivity index (χ1v) is 6.03. The number of nitrogens with two attached hydrogens (primary N) is 1. The molecular formula is C9H11ClN6S. The van der Waals surface area contributed by atoms with Gasteiger partial charge in [0.1, 0.15) is 5.02 Å². The first-order valence-electron chi connectivity index (χ1n) is 4.83. The lowest BCUT2D eigenvalue weighted by Crippen LogP contribution is -2.12. The zero-order valence-corrected chi connectivity index (χ0v) is 10.6. The van der Waals surface area contributed by atoms with Crippen LogP contribution in [0.1, 0.15) is 9.88 Å². The van der Waals surface area contributed by atoms with Gasteiger partial charge in [0.15, 0.2) is 5.82 Å². The molecule has 8 heteroatoms. The highest BCUT2D eigenvalue weighted by Crippen LogP contribution is 2.20. The fraction of sp³-hybridized carbons (Fsp3) is 0.222. The van der Waals surface area contributed by atoms with Gasteiger partial charge in [0, 0.05) is 11.1 Å². The van der Waals surface area contributed by atoms with Gasteiger partial charge in [0.05, 0.1) is 17.7 Å². The Hall–Kier alpha value is -1.44. The van der Waals surface area contributed by atoms with Gasteiger partial charge in [-0.3, -0.25) is 5.43 Å². The van der Waals surface area contributed by atoms with E-state index in [0.717, 1.165) is 9.88 Å². The minimum absolute atomic E-state index is 0.317. The van der Waals surface area contributed by atoms with Crippen LogP contribution in [-0.4, -0.2) is 15.0 Å². The number of aryl methyl sites for hydroxylation is 1. The lowest BCUT2D eigenvalue weighted by molar-refractivity contribution is 1.07. The summed E-state index contributed by atoms with van der Waals surface area (Å²) in [6.45, 7) is 2.58. The molecule has 0 atom stereocenters. The van der Waals surface area contributed by atoms with Gasteiger partial charge >= 0.3 is 0 Å². The van der Waals surface area contributed by atoms with E-state index >= 15 is 0 Å². The summed E-state index contributed by atoms with van der Waals surface area (Å²) < 4.78 is 0. The van der Waals surface area contributed by atoms with Gasteiger partial charge in [0.2, 0.25) is 5.95 Å². The maximum atomic E-state index is 5.96. The van der Waals surface area contributed by atoms with Crippen molar-refractivity contribution in [2.75, 3.05) is 10.7 Å². The number of thiazole rings is 1. The van der Waals surface area contributed by atoms with E-state index in [0.29, 0.717) is 23.3 Å². The lowest BCUT2D eigenvalue weighted by Gasteiger charge is -2.06. The minimum atomic E-state index is 0.317. The summed E-state index contributed by atoms with van der Waals surface area (Å²) in [6.07, 6.45) is 3.31. The zero-order valence-electron chi connectivity index (χ0n) is 9.07. The van der Waals surface area contributed by atoms with Gasteiger partial charge in [0.25, 0.3) is 0 Å². The van der Waals surface area contributed by atoms with Crippen molar-refractivity contribution in [3.63, 3.8) is 0 Å². The molecular weight excluding hydrogens is 260 g/mol. The average molecular weight is 271 g/mol. The molecule has 0 aliphatic carbocycles. The van der Waals surface area contributed by atoms with E-state index < -0.39 is 0 Å². The van der Waals surface area contributed by atoms with Crippen molar-refractivity contribution < 1.29 is 0 Å². The monoisotopic (exact) mass is 270 g/mol. The van der Waals surface area contributed by atoms with Crippen LogP contribution in [0.4, 0.5) is 11.8 Å². The van der Waals surface area contributed by atoms with E-state index in [1.807, 2.05) is 13.1 Å². The van der Waals surface area contributed by atoms with Crippen molar-refractivity contribution in [1.82, 2.24) is 15.0 Å². The second-order valence-corrected chi connectivity index (χ2v) is 4.96. The van der Waals surface area contributed by atoms with Crippen molar-refractivity contribution in [3.05, 3.63) is 27.3 Å². The Morgan fingerprint density at radius 3 is 2.88 bits per heavy atom. The summed E-state index contributed by atoms with van der Waals surface area (Å²) in [6, 6.07) is 0. The Kier molecular flexibility index (Phi) is 3.72. The Morgan fingerprint density at radius 1 is 1.41 bits per heavy atom. The Labute approximate surface area is 107 Å². The number of hydrogen-bond donors (Lipinski definition) is 3. The van der Waals surface area contributed by atoms with Crippen molar-refractivity contribution in [2.24, 2.45) is 5.84 Å². The Morgan fingerprint density at radius 2 is 2.24 bits per heavy atom. The zero-order chi connectivity index (χ0) is 12.3. The molecule has 0 bridgehead atoms. The molecule has 0 saturated heterocycles. The van der Waals surface area contributed by atoms with E-state index in [-0.39, 0.29) is 0 Å². The van der Waals surface area contributed by atoms with Crippen LogP contribution in [0.3, 0.4) is 0 Å². The van der Waals surface area contributed by atoms with Gasteiger partial charge in [-0.15, -0.1) is 11.3 Å². The highest BCUT2D eigenvalue weighted by atomic mass is 35.5. The van der Waals surface area contributed by atoms with Crippen LogP contribution >= 0.6 is 22.9 Å². The van der Waals surface area contributed by atoms with Gasteiger partial charge in [-0.1, -0.05) is 11.6 Å². The molecule has 0 saturated carbocycles. The van der Waals surface area contributed by atoms with Crippen molar-refractivity contribution in [1.29, 1.82) is 0 Å². The number of aromatic nitrogens is 3. The number of rotatable bonds is 4. The highest BCUT2D eigenvalue weighted by Gasteiger charge is 2.05. The molecule has 0 aliphatic rings. The van der Waals surface area contributed by atoms with Gasteiger partial charge in [-0.05, 0) is 6.92 Å². The Balaban J connectivity index is 2.07. The molecule has 2 rings (SSSR count). The maximum absolute atomic E-state index is 5.96. The third-order valence-corrected chi connectivity index (χ3v) is 3.16. The van der Waals surface area contributed by atoms with Gasteiger partial charge in [-0.25, -0.2) is 15.8 Å². The standard InChI is InChI=1S/C9H11ClN6S/c1-5-12-2-6(17-5)3-13-8-7(10)4-14-9(15-8)16-11/h2,4H,3,11H2,1H3,(H2,13,14,15,16). The van der Waals surface area contributed by atoms with Gasteiger partial charge < -0.3 is 5.32 Å². The fourth-order valence-corrected chi connectivity index (χ4v) is 2.11. The Bertz CT molecular complexity index is 514. The summed E-state index contributed by atoms with van der Waals surface area (Å²) in [7, 11) is 0. The molecule has 0 spiro atoms. The number of hydrazine groups is 1. The molecule has 0 radical (unpaired) electrons. The molecule has 2 aromatic heterocycles. The number of hydrogen-bond acceptors (Lipinski definition) is 7.